The van der Waals surface area contributed by atoms with Crippen molar-refractivity contribution in [1.29, 1.82) is 0 Å². The summed E-state index contributed by atoms with van der Waals surface area (Å²) in [6, 6.07) is 5.38. The topological polar surface area (TPSA) is 78.0 Å². The van der Waals surface area contributed by atoms with Crippen LogP contribution in [0.15, 0.2) is 29.1 Å². The summed E-state index contributed by atoms with van der Waals surface area (Å²) in [5, 5.41) is 13.3. The molecule has 1 aliphatic heterocycles. The lowest BCUT2D eigenvalue weighted by atomic mass is 9.98. The zero-order chi connectivity index (χ0) is 14.8. The number of H-pyrrole nitrogens is 1. The molecule has 5 nitrogen and oxygen atoms in total. The van der Waals surface area contributed by atoms with Crippen molar-refractivity contribution in [2.75, 3.05) is 13.1 Å². The third kappa shape index (κ3) is 2.80. The minimum Gasteiger partial charge on any atom is -0.493 e. The maximum Gasteiger partial charge on any atom is 0.262 e. The summed E-state index contributed by atoms with van der Waals surface area (Å²) in [7, 11) is 0. The Morgan fingerprint density at radius 1 is 1.29 bits per heavy atom. The number of rotatable bonds is 2. The average Bonchev–Trinajstić information content (AvgIpc) is 2.49. The number of aromatic amines is 1. The van der Waals surface area contributed by atoms with Gasteiger partial charge in [-0.2, -0.15) is 4.98 Å². The molecule has 2 heterocycles. The standard InChI is InChI=1S/C15H16FN3O2/c16-11-5-3-9(4-6-11)12-14(20)18-13(19-15(12)21)10-2-1-7-17-8-10/h3-6,10,17H,1-2,7-8H2,(H2,18,19,20,21). The van der Waals surface area contributed by atoms with Crippen molar-refractivity contribution in [3.63, 3.8) is 0 Å². The van der Waals surface area contributed by atoms with E-state index in [2.05, 4.69) is 15.3 Å². The van der Waals surface area contributed by atoms with E-state index in [1.54, 1.807) is 0 Å². The first-order valence-electron chi connectivity index (χ1n) is 6.95. The molecule has 0 amide bonds. The summed E-state index contributed by atoms with van der Waals surface area (Å²) < 4.78 is 12.9. The molecule has 1 unspecified atom stereocenters. The fraction of sp³-hybridized carbons (Fsp3) is 0.333. The van der Waals surface area contributed by atoms with Gasteiger partial charge in [-0.1, -0.05) is 12.1 Å². The van der Waals surface area contributed by atoms with Crippen LogP contribution in [0.25, 0.3) is 11.1 Å². The molecule has 1 saturated heterocycles. The minimum absolute atomic E-state index is 0.0718. The van der Waals surface area contributed by atoms with Crippen molar-refractivity contribution in [1.82, 2.24) is 15.3 Å². The summed E-state index contributed by atoms with van der Waals surface area (Å²) in [4.78, 5) is 19.1. The number of hydrogen-bond donors (Lipinski definition) is 3. The van der Waals surface area contributed by atoms with E-state index in [0.717, 1.165) is 25.9 Å². The number of nitrogens with zero attached hydrogens (tertiary/aromatic N) is 1. The summed E-state index contributed by atoms with van der Waals surface area (Å²) in [5.41, 5.74) is 0.105. The highest BCUT2D eigenvalue weighted by atomic mass is 19.1. The molecule has 110 valence electrons. The highest BCUT2D eigenvalue weighted by Gasteiger charge is 2.20. The van der Waals surface area contributed by atoms with E-state index in [1.165, 1.54) is 24.3 Å². The second kappa shape index (κ2) is 5.65. The van der Waals surface area contributed by atoms with Crippen LogP contribution in [0.3, 0.4) is 0 Å². The van der Waals surface area contributed by atoms with Gasteiger partial charge in [-0.15, -0.1) is 0 Å². The van der Waals surface area contributed by atoms with Gasteiger partial charge in [-0.05, 0) is 37.1 Å². The predicted octanol–water partition coefficient (Wildman–Crippen LogP) is 1.75. The highest BCUT2D eigenvalue weighted by molar-refractivity contribution is 5.67. The second-order valence-corrected chi connectivity index (χ2v) is 5.20. The monoisotopic (exact) mass is 289 g/mol. The smallest absolute Gasteiger partial charge is 0.262 e. The van der Waals surface area contributed by atoms with E-state index in [1.807, 2.05) is 0 Å². The van der Waals surface area contributed by atoms with Crippen LogP contribution >= 0.6 is 0 Å². The van der Waals surface area contributed by atoms with Gasteiger partial charge < -0.3 is 15.4 Å². The molecule has 0 radical (unpaired) electrons. The van der Waals surface area contributed by atoms with Gasteiger partial charge in [-0.3, -0.25) is 4.79 Å². The first-order chi connectivity index (χ1) is 10.1. The van der Waals surface area contributed by atoms with Crippen molar-refractivity contribution in [2.45, 2.75) is 18.8 Å². The Kier molecular flexibility index (Phi) is 3.70. The molecule has 2 aromatic rings. The summed E-state index contributed by atoms with van der Waals surface area (Å²) in [6.45, 7) is 1.69. The Labute approximate surface area is 120 Å². The Hall–Kier alpha value is -2.21. The third-order valence-corrected chi connectivity index (χ3v) is 3.74. The molecule has 0 spiro atoms. The van der Waals surface area contributed by atoms with Gasteiger partial charge in [-0.25, -0.2) is 4.39 Å². The number of aromatic nitrogens is 2. The van der Waals surface area contributed by atoms with Gasteiger partial charge in [0.15, 0.2) is 0 Å². The number of hydrogen-bond acceptors (Lipinski definition) is 4. The largest absolute Gasteiger partial charge is 0.493 e. The minimum atomic E-state index is -0.408. The van der Waals surface area contributed by atoms with E-state index >= 15 is 0 Å². The van der Waals surface area contributed by atoms with Crippen molar-refractivity contribution in [3.05, 3.63) is 46.3 Å². The summed E-state index contributed by atoms with van der Waals surface area (Å²) in [6.07, 6.45) is 1.93. The van der Waals surface area contributed by atoms with Crippen LogP contribution in [-0.2, 0) is 0 Å². The van der Waals surface area contributed by atoms with Crippen molar-refractivity contribution in [2.24, 2.45) is 0 Å². The van der Waals surface area contributed by atoms with Gasteiger partial charge in [0.25, 0.3) is 5.56 Å². The van der Waals surface area contributed by atoms with Crippen LogP contribution in [0, 0.1) is 5.82 Å². The molecule has 0 saturated carbocycles. The fourth-order valence-corrected chi connectivity index (χ4v) is 2.63. The van der Waals surface area contributed by atoms with Crippen molar-refractivity contribution >= 4 is 0 Å². The number of aromatic hydroxyl groups is 1. The Morgan fingerprint density at radius 2 is 2.05 bits per heavy atom. The maximum absolute atomic E-state index is 12.9. The zero-order valence-electron chi connectivity index (χ0n) is 11.4. The molecule has 0 aliphatic carbocycles. The SMILES string of the molecule is O=c1[nH]c(C2CCCNC2)nc(O)c1-c1ccc(F)cc1. The molecule has 6 heteroatoms. The fourth-order valence-electron chi connectivity index (χ4n) is 2.63. The number of piperidine rings is 1. The molecular formula is C15H16FN3O2. The Balaban J connectivity index is 2.00. The normalized spacial score (nSPS) is 18.6. The Bertz CT molecular complexity index is 691. The average molecular weight is 289 g/mol. The number of nitrogens with one attached hydrogen (secondary N) is 2. The predicted molar refractivity (Wildman–Crippen MR) is 76.8 cm³/mol. The molecular weight excluding hydrogens is 273 g/mol. The van der Waals surface area contributed by atoms with Crippen LogP contribution < -0.4 is 10.9 Å². The highest BCUT2D eigenvalue weighted by Crippen LogP contribution is 2.26. The van der Waals surface area contributed by atoms with Gasteiger partial charge >= 0.3 is 0 Å². The van der Waals surface area contributed by atoms with Gasteiger partial charge in [0.2, 0.25) is 5.88 Å². The third-order valence-electron chi connectivity index (χ3n) is 3.74. The molecule has 3 rings (SSSR count). The first-order valence-corrected chi connectivity index (χ1v) is 6.95. The maximum atomic E-state index is 12.9. The van der Waals surface area contributed by atoms with E-state index in [-0.39, 0.29) is 17.4 Å². The molecule has 1 aromatic heterocycles. The van der Waals surface area contributed by atoms with E-state index in [0.29, 0.717) is 11.4 Å². The van der Waals surface area contributed by atoms with Crippen molar-refractivity contribution in [3.8, 4) is 17.0 Å². The van der Waals surface area contributed by atoms with Crippen LogP contribution in [-0.4, -0.2) is 28.2 Å². The first kappa shape index (κ1) is 13.8. The molecule has 1 atom stereocenters. The van der Waals surface area contributed by atoms with E-state index in [9.17, 15) is 14.3 Å². The summed E-state index contributed by atoms with van der Waals surface area (Å²) >= 11 is 0. The van der Waals surface area contributed by atoms with Crippen molar-refractivity contribution < 1.29 is 9.50 Å². The van der Waals surface area contributed by atoms with Gasteiger partial charge in [0.05, 0.1) is 0 Å². The molecule has 3 N–H and O–H groups in total. The Morgan fingerprint density at radius 3 is 2.67 bits per heavy atom. The molecule has 1 fully saturated rings. The van der Waals surface area contributed by atoms with Crippen LogP contribution in [0.4, 0.5) is 4.39 Å². The van der Waals surface area contributed by atoms with E-state index < -0.39 is 11.4 Å². The molecule has 1 aromatic carbocycles. The van der Waals surface area contributed by atoms with Crippen LogP contribution in [0.2, 0.25) is 0 Å². The van der Waals surface area contributed by atoms with Gasteiger partial charge in [0, 0.05) is 12.5 Å². The lowest BCUT2D eigenvalue weighted by Gasteiger charge is -2.22. The zero-order valence-corrected chi connectivity index (χ0v) is 11.4. The second-order valence-electron chi connectivity index (χ2n) is 5.20. The quantitative estimate of drug-likeness (QED) is 0.787. The molecule has 21 heavy (non-hydrogen) atoms. The van der Waals surface area contributed by atoms with Crippen LogP contribution in [0.5, 0.6) is 5.88 Å². The lowest BCUT2D eigenvalue weighted by molar-refractivity contribution is 0.421. The lowest BCUT2D eigenvalue weighted by Crippen LogP contribution is -2.30. The van der Waals surface area contributed by atoms with E-state index in [4.69, 9.17) is 0 Å². The molecule has 1 aliphatic rings. The van der Waals surface area contributed by atoms with Crippen LogP contribution in [0.1, 0.15) is 24.6 Å². The summed E-state index contributed by atoms with van der Waals surface area (Å²) in [5.74, 6) is -0.117. The number of benzene rings is 1. The number of halogens is 1. The van der Waals surface area contributed by atoms with Gasteiger partial charge in [0.1, 0.15) is 17.2 Å². The molecule has 0 bridgehead atoms.